The molecule has 0 aliphatic carbocycles. The van der Waals surface area contributed by atoms with Crippen molar-refractivity contribution in [3.05, 3.63) is 23.8 Å². The van der Waals surface area contributed by atoms with Crippen molar-refractivity contribution in [2.45, 2.75) is 13.1 Å². The van der Waals surface area contributed by atoms with Crippen molar-refractivity contribution in [2.75, 3.05) is 0 Å². The van der Waals surface area contributed by atoms with Crippen molar-refractivity contribution in [1.82, 2.24) is 9.97 Å². The van der Waals surface area contributed by atoms with E-state index >= 15 is 0 Å². The third-order valence-electron chi connectivity index (χ3n) is 1.24. The Kier molecular flexibility index (Phi) is 2.12. The molecule has 0 bridgehead atoms. The van der Waals surface area contributed by atoms with E-state index in [0.29, 0.717) is 0 Å². The summed E-state index contributed by atoms with van der Waals surface area (Å²) >= 11 is 0. The van der Waals surface area contributed by atoms with Gasteiger partial charge in [-0.05, 0) is 6.92 Å². The summed E-state index contributed by atoms with van der Waals surface area (Å²) < 4.78 is 12.6. The van der Waals surface area contributed by atoms with Gasteiger partial charge in [-0.3, -0.25) is 0 Å². The molecule has 1 atom stereocenters. The van der Waals surface area contributed by atoms with Crippen LogP contribution in [-0.2, 0) is 0 Å². The minimum Gasteiger partial charge on any atom is -0.243 e. The Morgan fingerprint density at radius 2 is 2.45 bits per heavy atom. The van der Waals surface area contributed by atoms with Gasteiger partial charge in [0.2, 0.25) is 0 Å². The van der Waals surface area contributed by atoms with Crippen LogP contribution in [0, 0.1) is 11.3 Å². The molecule has 0 N–H and O–H groups in total. The molecular formula is C7H6FN3. The SMILES string of the molecule is C[C@H](F)c1ncncc1C#N. The second kappa shape index (κ2) is 3.06. The van der Waals surface area contributed by atoms with Crippen LogP contribution in [0.5, 0.6) is 0 Å². The van der Waals surface area contributed by atoms with Gasteiger partial charge in [-0.1, -0.05) is 0 Å². The van der Waals surface area contributed by atoms with E-state index in [-0.39, 0.29) is 11.3 Å². The molecule has 0 saturated carbocycles. The van der Waals surface area contributed by atoms with Crippen LogP contribution in [0.3, 0.4) is 0 Å². The number of alkyl halides is 1. The van der Waals surface area contributed by atoms with Crippen molar-refractivity contribution in [1.29, 1.82) is 5.26 Å². The lowest BCUT2D eigenvalue weighted by molar-refractivity contribution is 0.364. The Labute approximate surface area is 63.5 Å². The number of nitriles is 1. The lowest BCUT2D eigenvalue weighted by Gasteiger charge is -2.00. The van der Waals surface area contributed by atoms with Crippen molar-refractivity contribution in [2.24, 2.45) is 0 Å². The van der Waals surface area contributed by atoms with Gasteiger partial charge in [0.05, 0.1) is 11.3 Å². The number of rotatable bonds is 1. The standard InChI is InChI=1S/C7H6FN3/c1-5(8)7-6(2-9)3-10-4-11-7/h3-5H,1H3/t5-/m0/s1. The highest BCUT2D eigenvalue weighted by molar-refractivity contribution is 5.30. The molecule has 1 aromatic rings. The van der Waals surface area contributed by atoms with Crippen LogP contribution in [0.15, 0.2) is 12.5 Å². The second-order valence-corrected chi connectivity index (χ2v) is 2.05. The zero-order valence-corrected chi connectivity index (χ0v) is 5.95. The highest BCUT2D eigenvalue weighted by Crippen LogP contribution is 2.15. The predicted octanol–water partition coefficient (Wildman–Crippen LogP) is 1.38. The van der Waals surface area contributed by atoms with Gasteiger partial charge in [-0.25, -0.2) is 14.4 Å². The fourth-order valence-corrected chi connectivity index (χ4v) is 0.742. The summed E-state index contributed by atoms with van der Waals surface area (Å²) in [5, 5.41) is 8.47. The lowest BCUT2D eigenvalue weighted by atomic mass is 10.2. The van der Waals surface area contributed by atoms with E-state index in [2.05, 4.69) is 9.97 Å². The average Bonchev–Trinajstić information content (AvgIpc) is 2.04. The van der Waals surface area contributed by atoms with Crippen molar-refractivity contribution >= 4 is 0 Å². The van der Waals surface area contributed by atoms with Gasteiger partial charge in [0.25, 0.3) is 0 Å². The summed E-state index contributed by atoms with van der Waals surface area (Å²) in [6, 6.07) is 1.81. The fourth-order valence-electron chi connectivity index (χ4n) is 0.742. The van der Waals surface area contributed by atoms with E-state index in [4.69, 9.17) is 5.26 Å². The van der Waals surface area contributed by atoms with Gasteiger partial charge >= 0.3 is 0 Å². The van der Waals surface area contributed by atoms with Crippen LogP contribution < -0.4 is 0 Å². The number of halogens is 1. The summed E-state index contributed by atoms with van der Waals surface area (Å²) in [6.07, 6.45) is 1.32. The molecule has 0 aliphatic rings. The van der Waals surface area contributed by atoms with Gasteiger partial charge < -0.3 is 0 Å². The minimum atomic E-state index is -1.22. The summed E-state index contributed by atoms with van der Waals surface area (Å²) in [5.41, 5.74) is 0.352. The zero-order chi connectivity index (χ0) is 8.27. The maximum absolute atomic E-state index is 12.6. The molecule has 0 radical (unpaired) electrons. The Balaban J connectivity index is 3.15. The molecule has 11 heavy (non-hydrogen) atoms. The van der Waals surface area contributed by atoms with Crippen LogP contribution >= 0.6 is 0 Å². The van der Waals surface area contributed by atoms with Crippen LogP contribution in [0.4, 0.5) is 4.39 Å². The zero-order valence-electron chi connectivity index (χ0n) is 5.95. The molecular weight excluding hydrogens is 145 g/mol. The molecule has 0 aromatic carbocycles. The summed E-state index contributed by atoms with van der Waals surface area (Å²) in [5.74, 6) is 0. The first kappa shape index (κ1) is 7.61. The van der Waals surface area contributed by atoms with Crippen molar-refractivity contribution in [3.63, 3.8) is 0 Å². The number of hydrogen-bond donors (Lipinski definition) is 0. The number of hydrogen-bond acceptors (Lipinski definition) is 3. The molecule has 0 saturated heterocycles. The first-order chi connectivity index (χ1) is 5.25. The first-order valence-electron chi connectivity index (χ1n) is 3.09. The van der Waals surface area contributed by atoms with E-state index in [1.165, 1.54) is 19.4 Å². The second-order valence-electron chi connectivity index (χ2n) is 2.05. The van der Waals surface area contributed by atoms with Gasteiger partial charge in [0.15, 0.2) is 0 Å². The molecule has 4 heteroatoms. The Morgan fingerprint density at radius 1 is 1.73 bits per heavy atom. The average molecular weight is 151 g/mol. The van der Waals surface area contributed by atoms with Gasteiger partial charge in [-0.2, -0.15) is 5.26 Å². The highest BCUT2D eigenvalue weighted by Gasteiger charge is 2.09. The maximum Gasteiger partial charge on any atom is 0.141 e. The van der Waals surface area contributed by atoms with Gasteiger partial charge in [0.1, 0.15) is 18.6 Å². The normalized spacial score (nSPS) is 12.1. The smallest absolute Gasteiger partial charge is 0.141 e. The maximum atomic E-state index is 12.6. The number of aromatic nitrogens is 2. The van der Waals surface area contributed by atoms with E-state index < -0.39 is 6.17 Å². The fraction of sp³-hybridized carbons (Fsp3) is 0.286. The minimum absolute atomic E-state index is 0.155. The van der Waals surface area contributed by atoms with Crippen LogP contribution in [0.2, 0.25) is 0 Å². The molecule has 1 rings (SSSR count). The molecule has 3 nitrogen and oxygen atoms in total. The van der Waals surface area contributed by atoms with E-state index in [9.17, 15) is 4.39 Å². The molecule has 0 fully saturated rings. The molecule has 56 valence electrons. The van der Waals surface area contributed by atoms with E-state index in [1.54, 1.807) is 0 Å². The quantitative estimate of drug-likeness (QED) is 0.609. The van der Waals surface area contributed by atoms with E-state index in [0.717, 1.165) is 0 Å². The topological polar surface area (TPSA) is 49.6 Å². The Bertz CT molecular complexity index is 290. The largest absolute Gasteiger partial charge is 0.243 e. The summed E-state index contributed by atoms with van der Waals surface area (Å²) in [6.45, 7) is 1.34. The van der Waals surface area contributed by atoms with Gasteiger partial charge in [-0.15, -0.1) is 0 Å². The molecule has 1 aromatic heterocycles. The molecule has 1 heterocycles. The molecule has 0 spiro atoms. The predicted molar refractivity (Wildman–Crippen MR) is 36.3 cm³/mol. The monoisotopic (exact) mass is 151 g/mol. The Hall–Kier alpha value is -1.50. The molecule has 0 unspecified atom stereocenters. The van der Waals surface area contributed by atoms with Crippen molar-refractivity contribution in [3.8, 4) is 6.07 Å². The third-order valence-corrected chi connectivity index (χ3v) is 1.24. The van der Waals surface area contributed by atoms with Crippen molar-refractivity contribution < 1.29 is 4.39 Å². The van der Waals surface area contributed by atoms with Crippen LogP contribution in [0.1, 0.15) is 24.4 Å². The molecule has 0 amide bonds. The van der Waals surface area contributed by atoms with Crippen LogP contribution in [-0.4, -0.2) is 9.97 Å². The summed E-state index contributed by atoms with van der Waals surface area (Å²) in [4.78, 5) is 7.24. The highest BCUT2D eigenvalue weighted by atomic mass is 19.1. The lowest BCUT2D eigenvalue weighted by Crippen LogP contribution is -1.96. The van der Waals surface area contributed by atoms with E-state index in [1.807, 2.05) is 6.07 Å². The number of nitrogens with zero attached hydrogens (tertiary/aromatic N) is 3. The first-order valence-corrected chi connectivity index (χ1v) is 3.09. The Morgan fingerprint density at radius 3 is 2.91 bits per heavy atom. The van der Waals surface area contributed by atoms with Gasteiger partial charge in [0, 0.05) is 6.20 Å². The molecule has 0 aliphatic heterocycles. The van der Waals surface area contributed by atoms with Crippen LogP contribution in [0.25, 0.3) is 0 Å². The summed E-state index contributed by atoms with van der Waals surface area (Å²) in [7, 11) is 0. The third kappa shape index (κ3) is 1.49.